The normalized spacial score (nSPS) is 14.7. The van der Waals surface area contributed by atoms with Gasteiger partial charge in [-0.2, -0.15) is 0 Å². The maximum atomic E-state index is 13.8. The van der Waals surface area contributed by atoms with Crippen molar-refractivity contribution in [1.29, 1.82) is 0 Å². The fourth-order valence-electron chi connectivity index (χ4n) is 2.24. The third kappa shape index (κ3) is 1.82. The summed E-state index contributed by atoms with van der Waals surface area (Å²) in [5, 5.41) is 0.306. The summed E-state index contributed by atoms with van der Waals surface area (Å²) in [4.78, 5) is 8.36. The van der Waals surface area contributed by atoms with Gasteiger partial charge in [-0.1, -0.05) is 11.6 Å². The van der Waals surface area contributed by atoms with E-state index in [2.05, 4.69) is 9.97 Å². The molecule has 88 valence electrons. The molecule has 0 radical (unpaired) electrons. The van der Waals surface area contributed by atoms with Gasteiger partial charge >= 0.3 is 0 Å². The zero-order valence-corrected chi connectivity index (χ0v) is 9.91. The van der Waals surface area contributed by atoms with E-state index in [9.17, 15) is 4.39 Å². The number of fused-ring (bicyclic) bond motifs is 1. The summed E-state index contributed by atoms with van der Waals surface area (Å²) in [6.45, 7) is 0. The molecule has 0 N–H and O–H groups in total. The highest BCUT2D eigenvalue weighted by Gasteiger charge is 2.18. The van der Waals surface area contributed by atoms with Crippen molar-refractivity contribution in [2.75, 3.05) is 0 Å². The Labute approximate surface area is 103 Å². The topological polar surface area (TPSA) is 30.7 Å². The molecule has 5 heteroatoms. The van der Waals surface area contributed by atoms with Gasteiger partial charge in [0.25, 0.3) is 0 Å². The van der Waals surface area contributed by atoms with E-state index < -0.39 is 5.82 Å². The number of pyridine rings is 1. The summed E-state index contributed by atoms with van der Waals surface area (Å²) < 4.78 is 15.5. The molecular formula is C12H11ClFN3. The fraction of sp³-hybridized carbons (Fsp3) is 0.333. The Balaban J connectivity index is 2.12. The summed E-state index contributed by atoms with van der Waals surface area (Å²) in [5.74, 6) is -0.131. The lowest BCUT2D eigenvalue weighted by molar-refractivity contribution is 0.599. The largest absolute Gasteiger partial charge is 0.285 e. The van der Waals surface area contributed by atoms with Gasteiger partial charge in [0.05, 0.1) is 10.7 Å². The van der Waals surface area contributed by atoms with Crippen LogP contribution in [0, 0.1) is 5.82 Å². The van der Waals surface area contributed by atoms with Gasteiger partial charge in [-0.05, 0) is 31.7 Å². The minimum Gasteiger partial charge on any atom is -0.285 e. The molecule has 1 aliphatic rings. The van der Waals surface area contributed by atoms with Crippen LogP contribution in [-0.2, 0) is 12.8 Å². The summed E-state index contributed by atoms with van der Waals surface area (Å²) in [7, 11) is 0. The Hall–Kier alpha value is -1.42. The molecule has 0 aliphatic heterocycles. The van der Waals surface area contributed by atoms with Gasteiger partial charge in [0.15, 0.2) is 11.6 Å². The lowest BCUT2D eigenvalue weighted by Gasteiger charge is -2.13. The van der Waals surface area contributed by atoms with Crippen molar-refractivity contribution >= 4 is 11.6 Å². The summed E-state index contributed by atoms with van der Waals surface area (Å²) in [6.07, 6.45) is 7.27. The second kappa shape index (κ2) is 4.11. The molecule has 2 heterocycles. The van der Waals surface area contributed by atoms with Crippen molar-refractivity contribution in [3.63, 3.8) is 0 Å². The molecule has 2 aromatic rings. The van der Waals surface area contributed by atoms with Crippen LogP contribution in [0.5, 0.6) is 0 Å². The predicted octanol–water partition coefficient (Wildman–Crippen LogP) is 2.94. The van der Waals surface area contributed by atoms with E-state index in [1.807, 2.05) is 0 Å². The van der Waals surface area contributed by atoms with E-state index in [0.717, 1.165) is 37.1 Å². The Kier molecular flexibility index (Phi) is 2.59. The van der Waals surface area contributed by atoms with Crippen LogP contribution in [0.2, 0.25) is 5.02 Å². The van der Waals surface area contributed by atoms with Crippen molar-refractivity contribution in [2.24, 2.45) is 0 Å². The average Bonchev–Trinajstić information content (AvgIpc) is 2.73. The third-order valence-electron chi connectivity index (χ3n) is 3.05. The molecule has 3 rings (SSSR count). The molecule has 0 unspecified atom stereocenters. The van der Waals surface area contributed by atoms with Crippen LogP contribution >= 0.6 is 11.6 Å². The highest BCUT2D eigenvalue weighted by Crippen LogP contribution is 2.24. The van der Waals surface area contributed by atoms with Crippen LogP contribution in [0.1, 0.15) is 24.2 Å². The molecule has 2 aromatic heterocycles. The SMILES string of the molecule is Fc1cc(Cl)cnc1-n1cnc2c1CCCC2. The maximum absolute atomic E-state index is 13.8. The molecule has 0 bridgehead atoms. The van der Waals surface area contributed by atoms with Crippen molar-refractivity contribution in [2.45, 2.75) is 25.7 Å². The third-order valence-corrected chi connectivity index (χ3v) is 3.25. The molecule has 0 atom stereocenters. The van der Waals surface area contributed by atoms with E-state index in [1.165, 1.54) is 12.3 Å². The molecule has 0 spiro atoms. The van der Waals surface area contributed by atoms with E-state index in [-0.39, 0.29) is 5.82 Å². The van der Waals surface area contributed by atoms with Crippen molar-refractivity contribution in [3.05, 3.63) is 40.8 Å². The van der Waals surface area contributed by atoms with Crippen LogP contribution in [0.15, 0.2) is 18.6 Å². The van der Waals surface area contributed by atoms with Gasteiger partial charge in [-0.25, -0.2) is 14.4 Å². The number of aromatic nitrogens is 3. The number of nitrogens with zero attached hydrogens (tertiary/aromatic N) is 3. The van der Waals surface area contributed by atoms with Crippen molar-refractivity contribution in [1.82, 2.24) is 14.5 Å². The summed E-state index contributed by atoms with van der Waals surface area (Å²) in [6, 6.07) is 1.28. The van der Waals surface area contributed by atoms with Crippen LogP contribution in [-0.4, -0.2) is 14.5 Å². The van der Waals surface area contributed by atoms with Gasteiger partial charge < -0.3 is 0 Å². The molecular weight excluding hydrogens is 241 g/mol. The fourth-order valence-corrected chi connectivity index (χ4v) is 2.38. The Morgan fingerprint density at radius 3 is 2.88 bits per heavy atom. The minimum absolute atomic E-state index is 0.282. The summed E-state index contributed by atoms with van der Waals surface area (Å²) >= 11 is 5.69. The molecule has 3 nitrogen and oxygen atoms in total. The van der Waals surface area contributed by atoms with Crippen molar-refractivity contribution < 1.29 is 4.39 Å². The first-order valence-electron chi connectivity index (χ1n) is 5.62. The quantitative estimate of drug-likeness (QED) is 0.780. The smallest absolute Gasteiger partial charge is 0.174 e. The van der Waals surface area contributed by atoms with Gasteiger partial charge in [0, 0.05) is 11.9 Å². The minimum atomic E-state index is -0.414. The number of hydrogen-bond acceptors (Lipinski definition) is 2. The molecule has 0 saturated heterocycles. The van der Waals surface area contributed by atoms with Gasteiger partial charge in [-0.15, -0.1) is 0 Å². The molecule has 17 heavy (non-hydrogen) atoms. The monoisotopic (exact) mass is 251 g/mol. The van der Waals surface area contributed by atoms with Gasteiger partial charge in [0.1, 0.15) is 6.33 Å². The number of halogens is 2. The standard InChI is InChI=1S/C12H11ClFN3/c13-8-5-9(14)12(15-6-8)17-7-16-10-3-1-2-4-11(10)17/h5-7H,1-4H2. The van der Waals surface area contributed by atoms with Crippen LogP contribution < -0.4 is 0 Å². The van der Waals surface area contributed by atoms with E-state index in [1.54, 1.807) is 10.9 Å². The number of hydrogen-bond donors (Lipinski definition) is 0. The molecule has 0 aromatic carbocycles. The predicted molar refractivity (Wildman–Crippen MR) is 63.0 cm³/mol. The lowest BCUT2D eigenvalue weighted by atomic mass is 10.0. The first-order chi connectivity index (χ1) is 8.25. The molecule has 0 fully saturated rings. The van der Waals surface area contributed by atoms with E-state index >= 15 is 0 Å². The van der Waals surface area contributed by atoms with Crippen LogP contribution in [0.25, 0.3) is 5.82 Å². The lowest BCUT2D eigenvalue weighted by Crippen LogP contribution is -2.09. The van der Waals surface area contributed by atoms with E-state index in [4.69, 9.17) is 11.6 Å². The van der Waals surface area contributed by atoms with Crippen LogP contribution in [0.4, 0.5) is 4.39 Å². The number of aryl methyl sites for hydroxylation is 1. The highest BCUT2D eigenvalue weighted by atomic mass is 35.5. The maximum Gasteiger partial charge on any atom is 0.174 e. The van der Waals surface area contributed by atoms with Gasteiger partial charge in [0.2, 0.25) is 0 Å². The molecule has 0 amide bonds. The Morgan fingerprint density at radius 1 is 1.24 bits per heavy atom. The Bertz CT molecular complexity index is 565. The average molecular weight is 252 g/mol. The zero-order chi connectivity index (χ0) is 11.8. The molecule has 0 saturated carbocycles. The molecule has 1 aliphatic carbocycles. The Morgan fingerprint density at radius 2 is 2.06 bits per heavy atom. The zero-order valence-electron chi connectivity index (χ0n) is 9.16. The van der Waals surface area contributed by atoms with Crippen LogP contribution in [0.3, 0.4) is 0 Å². The first kappa shape index (κ1) is 10.7. The number of imidazole rings is 1. The number of rotatable bonds is 1. The van der Waals surface area contributed by atoms with Gasteiger partial charge in [-0.3, -0.25) is 4.57 Å². The van der Waals surface area contributed by atoms with Crippen molar-refractivity contribution in [3.8, 4) is 5.82 Å². The van der Waals surface area contributed by atoms with E-state index in [0.29, 0.717) is 5.02 Å². The summed E-state index contributed by atoms with van der Waals surface area (Å²) in [5.41, 5.74) is 2.14. The second-order valence-electron chi connectivity index (χ2n) is 4.17. The first-order valence-corrected chi connectivity index (χ1v) is 6.00. The highest BCUT2D eigenvalue weighted by molar-refractivity contribution is 6.30. The second-order valence-corrected chi connectivity index (χ2v) is 4.61.